The first-order chi connectivity index (χ1) is 13.5. The van der Waals surface area contributed by atoms with Crippen LogP contribution in [0.25, 0.3) is 6.08 Å². The highest BCUT2D eigenvalue weighted by molar-refractivity contribution is 7.18. The summed E-state index contributed by atoms with van der Waals surface area (Å²) in [6.45, 7) is 0.196. The van der Waals surface area contributed by atoms with Crippen LogP contribution in [0.5, 0.6) is 11.5 Å². The molecule has 3 nitrogen and oxygen atoms in total. The number of methoxy groups -OCH3 is 1. The third-order valence-electron chi connectivity index (χ3n) is 3.83. The molecule has 0 radical (unpaired) electrons. The Morgan fingerprint density at radius 2 is 1.96 bits per heavy atom. The molecule has 0 unspecified atom stereocenters. The second-order valence-corrected chi connectivity index (χ2v) is 7.86. The molecule has 0 aliphatic heterocycles. The van der Waals surface area contributed by atoms with E-state index in [-0.39, 0.29) is 17.4 Å². The number of thiophene rings is 1. The molecule has 3 rings (SSSR count). The standard InChI is InChI=1S/C21H15Cl2FO3S/c1-26-19-7-3-13(2-6-18(25)20-8-9-21(23)28-20)10-14(19)12-27-15-4-5-17(24)16(22)11-15/h2-11H,12H2,1H3/b6-2+. The second-order valence-electron chi connectivity index (χ2n) is 5.74. The molecule has 1 aromatic heterocycles. The lowest BCUT2D eigenvalue weighted by Gasteiger charge is -2.11. The van der Waals surface area contributed by atoms with Crippen molar-refractivity contribution in [2.75, 3.05) is 7.11 Å². The van der Waals surface area contributed by atoms with Gasteiger partial charge in [0.05, 0.1) is 21.3 Å². The maximum atomic E-state index is 13.3. The average Bonchev–Trinajstić information content (AvgIpc) is 3.13. The lowest BCUT2D eigenvalue weighted by Crippen LogP contribution is -1.99. The van der Waals surface area contributed by atoms with Gasteiger partial charge < -0.3 is 9.47 Å². The number of allylic oxidation sites excluding steroid dienone is 1. The van der Waals surface area contributed by atoms with E-state index in [1.807, 2.05) is 12.1 Å². The Morgan fingerprint density at radius 1 is 1.14 bits per heavy atom. The fraction of sp³-hybridized carbons (Fsp3) is 0.0952. The molecule has 1 heterocycles. The summed E-state index contributed by atoms with van der Waals surface area (Å²) in [4.78, 5) is 12.8. The van der Waals surface area contributed by atoms with Crippen LogP contribution in [0, 0.1) is 5.82 Å². The maximum absolute atomic E-state index is 13.3. The quantitative estimate of drug-likeness (QED) is 0.306. The summed E-state index contributed by atoms with van der Waals surface area (Å²) < 4.78 is 24.9. The highest BCUT2D eigenvalue weighted by Crippen LogP contribution is 2.26. The van der Waals surface area contributed by atoms with Crippen LogP contribution < -0.4 is 9.47 Å². The van der Waals surface area contributed by atoms with Crippen molar-refractivity contribution in [3.63, 3.8) is 0 Å². The molecule has 0 amide bonds. The molecule has 28 heavy (non-hydrogen) atoms. The van der Waals surface area contributed by atoms with Gasteiger partial charge in [-0.15, -0.1) is 11.3 Å². The number of hydrogen-bond donors (Lipinski definition) is 0. The molecule has 0 aliphatic rings. The van der Waals surface area contributed by atoms with Gasteiger partial charge in [0, 0.05) is 11.6 Å². The molecule has 0 saturated heterocycles. The smallest absolute Gasteiger partial charge is 0.195 e. The van der Waals surface area contributed by atoms with Crippen molar-refractivity contribution in [2.24, 2.45) is 0 Å². The van der Waals surface area contributed by atoms with Crippen LogP contribution >= 0.6 is 34.5 Å². The number of carbonyl (C=O) groups excluding carboxylic acids is 1. The van der Waals surface area contributed by atoms with Crippen molar-refractivity contribution in [1.82, 2.24) is 0 Å². The van der Waals surface area contributed by atoms with E-state index in [1.54, 1.807) is 31.4 Å². The van der Waals surface area contributed by atoms with Crippen LogP contribution in [0.1, 0.15) is 20.8 Å². The number of rotatable bonds is 7. The van der Waals surface area contributed by atoms with Gasteiger partial charge in [0.15, 0.2) is 5.78 Å². The molecule has 144 valence electrons. The van der Waals surface area contributed by atoms with Crippen molar-refractivity contribution < 1.29 is 18.7 Å². The summed E-state index contributed by atoms with van der Waals surface area (Å²) in [7, 11) is 1.56. The first kappa shape index (κ1) is 20.4. The van der Waals surface area contributed by atoms with Crippen LogP contribution in [-0.4, -0.2) is 12.9 Å². The molecule has 0 atom stereocenters. The number of carbonyl (C=O) groups is 1. The highest BCUT2D eigenvalue weighted by atomic mass is 35.5. The van der Waals surface area contributed by atoms with E-state index < -0.39 is 5.82 Å². The summed E-state index contributed by atoms with van der Waals surface area (Å²) in [5.41, 5.74) is 1.59. The van der Waals surface area contributed by atoms with Crippen LogP contribution in [0.15, 0.2) is 54.6 Å². The normalized spacial score (nSPS) is 11.0. The van der Waals surface area contributed by atoms with E-state index in [1.165, 1.54) is 35.6 Å². The Hall–Kier alpha value is -2.34. The average molecular weight is 437 g/mol. The van der Waals surface area contributed by atoms with Crippen LogP contribution in [0.4, 0.5) is 4.39 Å². The third-order valence-corrected chi connectivity index (χ3v) is 5.37. The largest absolute Gasteiger partial charge is 0.496 e. The first-order valence-corrected chi connectivity index (χ1v) is 9.76. The van der Waals surface area contributed by atoms with E-state index >= 15 is 0 Å². The first-order valence-electron chi connectivity index (χ1n) is 8.19. The summed E-state index contributed by atoms with van der Waals surface area (Å²) in [5, 5.41) is -0.00616. The zero-order chi connectivity index (χ0) is 20.1. The SMILES string of the molecule is COc1ccc(/C=C/C(=O)c2ccc(Cl)s2)cc1COc1ccc(F)c(Cl)c1. The van der Waals surface area contributed by atoms with Gasteiger partial charge in [0.2, 0.25) is 0 Å². The van der Waals surface area contributed by atoms with Gasteiger partial charge in [0.25, 0.3) is 0 Å². The fourth-order valence-electron chi connectivity index (χ4n) is 2.44. The van der Waals surface area contributed by atoms with Crippen molar-refractivity contribution in [3.05, 3.63) is 85.8 Å². The summed E-state index contributed by atoms with van der Waals surface area (Å²) >= 11 is 12.9. The van der Waals surface area contributed by atoms with Crippen molar-refractivity contribution >= 4 is 46.4 Å². The van der Waals surface area contributed by atoms with Crippen LogP contribution in [-0.2, 0) is 6.61 Å². The molecule has 7 heteroatoms. The number of ketones is 1. The van der Waals surface area contributed by atoms with Gasteiger partial charge in [-0.05, 0) is 48.0 Å². The van der Waals surface area contributed by atoms with E-state index in [4.69, 9.17) is 32.7 Å². The molecule has 0 bridgehead atoms. The van der Waals surface area contributed by atoms with Gasteiger partial charge >= 0.3 is 0 Å². The maximum Gasteiger partial charge on any atom is 0.195 e. The van der Waals surface area contributed by atoms with E-state index in [2.05, 4.69) is 0 Å². The molecule has 2 aromatic carbocycles. The summed E-state index contributed by atoms with van der Waals surface area (Å²) in [6.07, 6.45) is 3.21. The number of ether oxygens (including phenoxy) is 2. The molecular weight excluding hydrogens is 422 g/mol. The number of hydrogen-bond acceptors (Lipinski definition) is 4. The molecule has 0 saturated carbocycles. The second kappa shape index (κ2) is 9.24. The minimum Gasteiger partial charge on any atom is -0.496 e. The Kier molecular flexibility index (Phi) is 6.73. The lowest BCUT2D eigenvalue weighted by atomic mass is 10.1. The van der Waals surface area contributed by atoms with Crippen LogP contribution in [0.3, 0.4) is 0 Å². The predicted molar refractivity (Wildman–Crippen MR) is 111 cm³/mol. The summed E-state index contributed by atoms with van der Waals surface area (Å²) in [6, 6.07) is 13.0. The molecule has 0 N–H and O–H groups in total. The molecular formula is C21H15Cl2FO3S. The van der Waals surface area contributed by atoms with E-state index in [9.17, 15) is 9.18 Å². The zero-order valence-electron chi connectivity index (χ0n) is 14.7. The van der Waals surface area contributed by atoms with Gasteiger partial charge in [-0.1, -0.05) is 35.3 Å². The topological polar surface area (TPSA) is 35.5 Å². The monoisotopic (exact) mass is 436 g/mol. The van der Waals surface area contributed by atoms with Gasteiger partial charge in [0.1, 0.15) is 23.9 Å². The lowest BCUT2D eigenvalue weighted by molar-refractivity contribution is 0.105. The van der Waals surface area contributed by atoms with Crippen LogP contribution in [0.2, 0.25) is 9.36 Å². The minimum absolute atomic E-state index is 0.00616. The molecule has 0 spiro atoms. The molecule has 0 aliphatic carbocycles. The molecule has 0 fully saturated rings. The van der Waals surface area contributed by atoms with Gasteiger partial charge in [-0.25, -0.2) is 4.39 Å². The van der Waals surface area contributed by atoms with E-state index in [0.717, 1.165) is 11.1 Å². The Labute approximate surface area is 175 Å². The Morgan fingerprint density at radius 3 is 2.64 bits per heavy atom. The van der Waals surface area contributed by atoms with E-state index in [0.29, 0.717) is 20.7 Å². The summed E-state index contributed by atoms with van der Waals surface area (Å²) in [5.74, 6) is 0.461. The molecule has 3 aromatic rings. The van der Waals surface area contributed by atoms with Crippen molar-refractivity contribution in [2.45, 2.75) is 6.61 Å². The van der Waals surface area contributed by atoms with Gasteiger partial charge in [-0.2, -0.15) is 0 Å². The Bertz CT molecular complexity index is 1030. The minimum atomic E-state index is -0.504. The van der Waals surface area contributed by atoms with Gasteiger partial charge in [-0.3, -0.25) is 4.79 Å². The van der Waals surface area contributed by atoms with Crippen molar-refractivity contribution in [3.8, 4) is 11.5 Å². The highest BCUT2D eigenvalue weighted by Gasteiger charge is 2.08. The number of halogens is 3. The fourth-order valence-corrected chi connectivity index (χ4v) is 3.58. The number of benzene rings is 2. The predicted octanol–water partition coefficient (Wildman–Crippen LogP) is 6.68. The van der Waals surface area contributed by atoms with Crippen molar-refractivity contribution in [1.29, 1.82) is 0 Å². The Balaban J connectivity index is 1.74. The third kappa shape index (κ3) is 5.13. The zero-order valence-corrected chi connectivity index (χ0v) is 17.1.